The van der Waals surface area contributed by atoms with Crippen molar-refractivity contribution in [1.29, 1.82) is 0 Å². The molecule has 0 fully saturated rings. The first-order chi connectivity index (χ1) is 6.60. The number of phenolic OH excluding ortho intramolecular Hbond substituents is 1. The van der Waals surface area contributed by atoms with E-state index in [4.69, 9.17) is 16.2 Å². The summed E-state index contributed by atoms with van der Waals surface area (Å²) in [6.45, 7) is 2.15. The summed E-state index contributed by atoms with van der Waals surface area (Å²) in [5.41, 5.74) is 12.6. The van der Waals surface area contributed by atoms with Crippen LogP contribution in [0.1, 0.15) is 17.2 Å². The van der Waals surface area contributed by atoms with Crippen LogP contribution in [0.2, 0.25) is 0 Å². The topological polar surface area (TPSA) is 81.5 Å². The normalized spacial score (nSPS) is 12.6. The number of aromatic hydroxyl groups is 1. The molecule has 1 rings (SSSR count). The van der Waals surface area contributed by atoms with Gasteiger partial charge in [0.25, 0.3) is 0 Å². The number of hydrogen-bond acceptors (Lipinski definition) is 4. The number of ether oxygens (including phenoxy) is 1. The van der Waals surface area contributed by atoms with E-state index in [-0.39, 0.29) is 11.8 Å². The minimum absolute atomic E-state index is 0.168. The van der Waals surface area contributed by atoms with Crippen molar-refractivity contribution in [1.82, 2.24) is 0 Å². The molecule has 4 nitrogen and oxygen atoms in total. The average Bonchev–Trinajstić information content (AvgIpc) is 2.17. The first kappa shape index (κ1) is 10.8. The molecule has 14 heavy (non-hydrogen) atoms. The van der Waals surface area contributed by atoms with Crippen molar-refractivity contribution in [3.05, 3.63) is 23.3 Å². The zero-order chi connectivity index (χ0) is 10.7. The van der Waals surface area contributed by atoms with Crippen LogP contribution in [0.3, 0.4) is 0 Å². The summed E-state index contributed by atoms with van der Waals surface area (Å²) in [5.74, 6) is 0.878. The van der Waals surface area contributed by atoms with Gasteiger partial charge in [-0.3, -0.25) is 0 Å². The largest absolute Gasteiger partial charge is 0.508 e. The van der Waals surface area contributed by atoms with Crippen LogP contribution >= 0.6 is 0 Å². The molecule has 5 N–H and O–H groups in total. The summed E-state index contributed by atoms with van der Waals surface area (Å²) in [6, 6.07) is 3.00. The molecule has 0 amide bonds. The lowest BCUT2D eigenvalue weighted by Gasteiger charge is -2.14. The molecule has 0 aromatic heterocycles. The monoisotopic (exact) mass is 196 g/mol. The number of benzene rings is 1. The maximum Gasteiger partial charge on any atom is 0.122 e. The van der Waals surface area contributed by atoms with Crippen molar-refractivity contribution in [2.45, 2.75) is 13.0 Å². The van der Waals surface area contributed by atoms with Crippen molar-refractivity contribution < 1.29 is 9.84 Å². The minimum Gasteiger partial charge on any atom is -0.508 e. The predicted octanol–water partition coefficient (Wildman–Crippen LogP) is 0.668. The molecule has 0 spiro atoms. The summed E-state index contributed by atoms with van der Waals surface area (Å²) < 4.78 is 5.13. The summed E-state index contributed by atoms with van der Waals surface area (Å²) in [4.78, 5) is 0. The molecular weight excluding hydrogens is 180 g/mol. The van der Waals surface area contributed by atoms with E-state index in [0.717, 1.165) is 5.56 Å². The van der Waals surface area contributed by atoms with E-state index in [1.54, 1.807) is 19.2 Å². The number of phenols is 1. The molecule has 0 saturated carbocycles. The lowest BCUT2D eigenvalue weighted by molar-refractivity contribution is 0.406. The smallest absolute Gasteiger partial charge is 0.122 e. The number of methoxy groups -OCH3 is 1. The van der Waals surface area contributed by atoms with E-state index in [1.165, 1.54) is 0 Å². The highest BCUT2D eigenvalue weighted by Gasteiger charge is 2.12. The first-order valence-electron chi connectivity index (χ1n) is 4.43. The fourth-order valence-electron chi connectivity index (χ4n) is 1.33. The molecule has 0 heterocycles. The minimum atomic E-state index is -0.357. The summed E-state index contributed by atoms with van der Waals surface area (Å²) in [6.07, 6.45) is 0. The Balaban J connectivity index is 3.17. The number of rotatable bonds is 3. The van der Waals surface area contributed by atoms with Crippen LogP contribution in [0.4, 0.5) is 0 Å². The van der Waals surface area contributed by atoms with Gasteiger partial charge in [-0.25, -0.2) is 0 Å². The van der Waals surface area contributed by atoms with Crippen LogP contribution in [0.5, 0.6) is 11.5 Å². The second kappa shape index (κ2) is 4.30. The molecule has 0 unspecified atom stereocenters. The van der Waals surface area contributed by atoms with Crippen molar-refractivity contribution in [2.24, 2.45) is 11.5 Å². The zero-order valence-electron chi connectivity index (χ0n) is 8.45. The van der Waals surface area contributed by atoms with Crippen molar-refractivity contribution >= 4 is 0 Å². The van der Waals surface area contributed by atoms with Crippen LogP contribution in [0.15, 0.2) is 12.1 Å². The molecule has 1 aromatic carbocycles. The number of aryl methyl sites for hydroxylation is 1. The van der Waals surface area contributed by atoms with Gasteiger partial charge >= 0.3 is 0 Å². The molecule has 0 aliphatic rings. The van der Waals surface area contributed by atoms with Gasteiger partial charge in [-0.15, -0.1) is 0 Å². The van der Waals surface area contributed by atoms with Crippen LogP contribution in [-0.2, 0) is 0 Å². The lowest BCUT2D eigenvalue weighted by Crippen LogP contribution is -2.20. The van der Waals surface area contributed by atoms with Gasteiger partial charge in [0.05, 0.1) is 7.11 Å². The number of hydrogen-bond donors (Lipinski definition) is 3. The first-order valence-corrected chi connectivity index (χ1v) is 4.43. The Morgan fingerprint density at radius 2 is 2.14 bits per heavy atom. The Labute approximate surface area is 83.5 Å². The Kier molecular flexibility index (Phi) is 3.33. The van der Waals surface area contributed by atoms with Crippen molar-refractivity contribution in [3.63, 3.8) is 0 Å². The number of nitrogens with two attached hydrogens (primary N) is 2. The predicted molar refractivity (Wildman–Crippen MR) is 55.4 cm³/mol. The quantitative estimate of drug-likeness (QED) is 0.663. The third kappa shape index (κ3) is 1.97. The third-order valence-electron chi connectivity index (χ3n) is 2.20. The highest BCUT2D eigenvalue weighted by Crippen LogP contribution is 2.30. The van der Waals surface area contributed by atoms with Gasteiger partial charge in [-0.05, 0) is 24.6 Å². The van der Waals surface area contributed by atoms with E-state index in [2.05, 4.69) is 0 Å². The molecule has 0 saturated heterocycles. The maximum atomic E-state index is 9.62. The SMILES string of the molecule is COc1cc([C@H](N)CN)c(O)cc1C. The maximum absolute atomic E-state index is 9.62. The molecule has 1 aromatic rings. The molecule has 0 bridgehead atoms. The van der Waals surface area contributed by atoms with Crippen molar-refractivity contribution in [2.75, 3.05) is 13.7 Å². The van der Waals surface area contributed by atoms with Gasteiger partial charge < -0.3 is 21.3 Å². The molecular formula is C10H16N2O2. The molecule has 0 aliphatic carbocycles. The second-order valence-corrected chi connectivity index (χ2v) is 3.22. The van der Waals surface area contributed by atoms with Gasteiger partial charge in [-0.1, -0.05) is 0 Å². The fraction of sp³-hybridized carbons (Fsp3) is 0.400. The second-order valence-electron chi connectivity index (χ2n) is 3.22. The highest BCUT2D eigenvalue weighted by atomic mass is 16.5. The standard InChI is InChI=1S/C10H16N2O2/c1-6-3-9(13)7(8(12)5-11)4-10(6)14-2/h3-4,8,13H,5,11-12H2,1-2H3/t8-/m1/s1. The fourth-order valence-corrected chi connectivity index (χ4v) is 1.33. The summed E-state index contributed by atoms with van der Waals surface area (Å²) >= 11 is 0. The van der Waals surface area contributed by atoms with E-state index >= 15 is 0 Å². The van der Waals surface area contributed by atoms with Crippen LogP contribution in [0, 0.1) is 6.92 Å². The molecule has 4 heteroatoms. The van der Waals surface area contributed by atoms with Crippen LogP contribution in [0.25, 0.3) is 0 Å². The average molecular weight is 196 g/mol. The zero-order valence-corrected chi connectivity index (χ0v) is 8.45. The van der Waals surface area contributed by atoms with Gasteiger partial charge in [0, 0.05) is 18.2 Å². The molecule has 1 atom stereocenters. The Morgan fingerprint density at radius 3 is 2.64 bits per heavy atom. The van der Waals surface area contributed by atoms with E-state index in [1.807, 2.05) is 6.92 Å². The highest BCUT2D eigenvalue weighted by molar-refractivity contribution is 5.46. The molecule has 0 aliphatic heterocycles. The van der Waals surface area contributed by atoms with E-state index in [0.29, 0.717) is 17.9 Å². The lowest BCUT2D eigenvalue weighted by atomic mass is 10.0. The molecule has 0 radical (unpaired) electrons. The summed E-state index contributed by atoms with van der Waals surface area (Å²) in [5, 5.41) is 9.62. The van der Waals surface area contributed by atoms with Gasteiger partial charge in [0.1, 0.15) is 11.5 Å². The summed E-state index contributed by atoms with van der Waals surface area (Å²) in [7, 11) is 1.58. The third-order valence-corrected chi connectivity index (χ3v) is 2.20. The van der Waals surface area contributed by atoms with Crippen LogP contribution < -0.4 is 16.2 Å². The van der Waals surface area contributed by atoms with Crippen molar-refractivity contribution in [3.8, 4) is 11.5 Å². The Morgan fingerprint density at radius 1 is 1.50 bits per heavy atom. The Hall–Kier alpha value is -1.26. The van der Waals surface area contributed by atoms with E-state index < -0.39 is 0 Å². The molecule has 78 valence electrons. The van der Waals surface area contributed by atoms with E-state index in [9.17, 15) is 5.11 Å². The Bertz CT molecular complexity index is 326. The van der Waals surface area contributed by atoms with Gasteiger partial charge in [-0.2, -0.15) is 0 Å². The van der Waals surface area contributed by atoms with Gasteiger partial charge in [0.15, 0.2) is 0 Å². The van der Waals surface area contributed by atoms with Crippen LogP contribution in [-0.4, -0.2) is 18.8 Å². The van der Waals surface area contributed by atoms with Gasteiger partial charge in [0.2, 0.25) is 0 Å².